The fourth-order valence-corrected chi connectivity index (χ4v) is 3.82. The minimum atomic E-state index is -0.427. The standard InChI is InChI=1S/C27H24N2O5/c1-17(2)15-32-21-11-8-18(9-12-21)24-25(28-19-10-13-22-23(14-19)34-16-33-22)27(31)29(26(24)30)20-6-4-3-5-7-20/h3-14,17,28H,15-16H2,1-2H3. The second-order valence-electron chi connectivity index (χ2n) is 8.45. The van der Waals surface area contributed by atoms with Gasteiger partial charge in [-0.3, -0.25) is 9.59 Å². The highest BCUT2D eigenvalue weighted by Gasteiger charge is 2.40. The van der Waals surface area contributed by atoms with E-state index in [1.165, 1.54) is 4.90 Å². The maximum absolute atomic E-state index is 13.5. The Morgan fingerprint density at radius 2 is 1.65 bits per heavy atom. The lowest BCUT2D eigenvalue weighted by Gasteiger charge is -2.15. The molecule has 7 nitrogen and oxygen atoms in total. The molecule has 0 aromatic heterocycles. The molecular formula is C27H24N2O5. The van der Waals surface area contributed by atoms with E-state index in [-0.39, 0.29) is 12.5 Å². The van der Waals surface area contributed by atoms with Crippen LogP contribution in [0, 0.1) is 5.92 Å². The number of fused-ring (bicyclic) bond motifs is 1. The number of ether oxygens (including phenoxy) is 3. The minimum Gasteiger partial charge on any atom is -0.493 e. The number of imide groups is 1. The fourth-order valence-electron chi connectivity index (χ4n) is 3.82. The van der Waals surface area contributed by atoms with Crippen LogP contribution in [0.5, 0.6) is 17.2 Å². The van der Waals surface area contributed by atoms with Crippen molar-refractivity contribution in [2.75, 3.05) is 23.6 Å². The Bertz CT molecular complexity index is 1270. The predicted molar refractivity (Wildman–Crippen MR) is 129 cm³/mol. The summed E-state index contributed by atoms with van der Waals surface area (Å²) in [5.74, 6) is 1.50. The number of carbonyl (C=O) groups excluding carboxylic acids is 2. The van der Waals surface area contributed by atoms with E-state index in [0.29, 0.717) is 52.3 Å². The van der Waals surface area contributed by atoms with Crippen molar-refractivity contribution in [3.05, 3.63) is 84.1 Å². The summed E-state index contributed by atoms with van der Waals surface area (Å²) in [6.45, 7) is 4.90. The molecule has 0 spiro atoms. The Labute approximate surface area is 197 Å². The van der Waals surface area contributed by atoms with E-state index in [9.17, 15) is 9.59 Å². The lowest BCUT2D eigenvalue weighted by atomic mass is 10.0. The van der Waals surface area contributed by atoms with Gasteiger partial charge in [-0.25, -0.2) is 4.90 Å². The molecule has 0 saturated heterocycles. The summed E-state index contributed by atoms with van der Waals surface area (Å²) in [7, 11) is 0. The van der Waals surface area contributed by atoms with Gasteiger partial charge in [0.2, 0.25) is 6.79 Å². The zero-order valence-electron chi connectivity index (χ0n) is 18.9. The van der Waals surface area contributed by atoms with E-state index in [2.05, 4.69) is 19.2 Å². The van der Waals surface area contributed by atoms with Gasteiger partial charge in [-0.05, 0) is 47.9 Å². The number of nitrogens with zero attached hydrogens (tertiary/aromatic N) is 1. The van der Waals surface area contributed by atoms with E-state index >= 15 is 0 Å². The SMILES string of the molecule is CC(C)COc1ccc(C2=C(Nc3ccc4c(c3)OCO4)C(=O)N(c3ccccc3)C2=O)cc1. The van der Waals surface area contributed by atoms with E-state index in [0.717, 1.165) is 0 Å². The second kappa shape index (κ2) is 8.94. The van der Waals surface area contributed by atoms with Gasteiger partial charge in [0.05, 0.1) is 17.9 Å². The molecule has 3 aromatic carbocycles. The zero-order chi connectivity index (χ0) is 23.7. The maximum Gasteiger partial charge on any atom is 0.282 e. The van der Waals surface area contributed by atoms with Crippen molar-refractivity contribution in [2.24, 2.45) is 5.92 Å². The van der Waals surface area contributed by atoms with E-state index in [4.69, 9.17) is 14.2 Å². The molecule has 3 aromatic rings. The third-order valence-electron chi connectivity index (χ3n) is 5.47. The van der Waals surface area contributed by atoms with Gasteiger partial charge < -0.3 is 19.5 Å². The first-order valence-electron chi connectivity index (χ1n) is 11.1. The van der Waals surface area contributed by atoms with Crippen LogP contribution in [0.3, 0.4) is 0 Å². The van der Waals surface area contributed by atoms with E-state index in [1.54, 1.807) is 54.6 Å². The molecule has 2 amide bonds. The highest BCUT2D eigenvalue weighted by molar-refractivity contribution is 6.46. The van der Waals surface area contributed by atoms with Gasteiger partial charge in [0, 0.05) is 11.8 Å². The van der Waals surface area contributed by atoms with Crippen LogP contribution in [-0.2, 0) is 9.59 Å². The molecule has 1 N–H and O–H groups in total. The molecule has 5 rings (SSSR count). The summed E-state index contributed by atoms with van der Waals surface area (Å²) >= 11 is 0. The van der Waals surface area contributed by atoms with Crippen molar-refractivity contribution in [3.63, 3.8) is 0 Å². The highest BCUT2D eigenvalue weighted by Crippen LogP contribution is 2.37. The average Bonchev–Trinajstić information content (AvgIpc) is 3.40. The smallest absolute Gasteiger partial charge is 0.282 e. The normalized spacial score (nSPS) is 14.9. The number of amides is 2. The molecule has 0 bridgehead atoms. The molecular weight excluding hydrogens is 432 g/mol. The molecule has 172 valence electrons. The van der Waals surface area contributed by atoms with Gasteiger partial charge in [-0.2, -0.15) is 0 Å². The molecule has 7 heteroatoms. The molecule has 0 saturated carbocycles. The van der Waals surface area contributed by atoms with Crippen LogP contribution in [0.1, 0.15) is 19.4 Å². The van der Waals surface area contributed by atoms with Gasteiger partial charge >= 0.3 is 0 Å². The number of carbonyl (C=O) groups is 2. The van der Waals surface area contributed by atoms with Crippen LogP contribution < -0.4 is 24.4 Å². The van der Waals surface area contributed by atoms with Gasteiger partial charge in [0.1, 0.15) is 11.4 Å². The van der Waals surface area contributed by atoms with Crippen molar-refractivity contribution in [1.29, 1.82) is 0 Å². The Morgan fingerprint density at radius 3 is 2.38 bits per heavy atom. The molecule has 2 aliphatic rings. The lowest BCUT2D eigenvalue weighted by molar-refractivity contribution is -0.120. The summed E-state index contributed by atoms with van der Waals surface area (Å²) in [4.78, 5) is 28.2. The van der Waals surface area contributed by atoms with Gasteiger partial charge in [-0.1, -0.05) is 44.2 Å². The fraction of sp³-hybridized carbons (Fsp3) is 0.185. The molecule has 2 heterocycles. The predicted octanol–water partition coefficient (Wildman–Crippen LogP) is 4.85. The van der Waals surface area contributed by atoms with Crippen LogP contribution in [-0.4, -0.2) is 25.2 Å². The number of anilines is 2. The molecule has 0 aliphatic carbocycles. The summed E-state index contributed by atoms with van der Waals surface area (Å²) in [5, 5.41) is 3.15. The Kier molecular flexibility index (Phi) is 5.67. The van der Waals surface area contributed by atoms with E-state index in [1.807, 2.05) is 18.2 Å². The Balaban J connectivity index is 1.52. The first kappa shape index (κ1) is 21.6. The molecule has 0 fully saturated rings. The number of nitrogens with one attached hydrogen (secondary N) is 1. The van der Waals surface area contributed by atoms with Gasteiger partial charge in [0.25, 0.3) is 11.8 Å². The molecule has 0 radical (unpaired) electrons. The van der Waals surface area contributed by atoms with Crippen molar-refractivity contribution >= 4 is 28.8 Å². The number of para-hydroxylation sites is 1. The third kappa shape index (κ3) is 4.08. The molecule has 0 unspecified atom stereocenters. The van der Waals surface area contributed by atoms with Crippen molar-refractivity contribution < 1.29 is 23.8 Å². The topological polar surface area (TPSA) is 77.1 Å². The van der Waals surface area contributed by atoms with Crippen molar-refractivity contribution in [1.82, 2.24) is 0 Å². The number of rotatable bonds is 7. The molecule has 2 aliphatic heterocycles. The number of benzene rings is 3. The van der Waals surface area contributed by atoms with Crippen molar-refractivity contribution in [2.45, 2.75) is 13.8 Å². The zero-order valence-corrected chi connectivity index (χ0v) is 18.9. The Morgan fingerprint density at radius 1 is 0.912 bits per heavy atom. The summed E-state index contributed by atoms with van der Waals surface area (Å²) in [5.41, 5.74) is 2.24. The molecule has 34 heavy (non-hydrogen) atoms. The summed E-state index contributed by atoms with van der Waals surface area (Å²) in [6.07, 6.45) is 0. The van der Waals surface area contributed by atoms with Crippen LogP contribution in [0.15, 0.2) is 78.5 Å². The maximum atomic E-state index is 13.5. The molecule has 0 atom stereocenters. The van der Waals surface area contributed by atoms with Crippen LogP contribution in [0.4, 0.5) is 11.4 Å². The highest BCUT2D eigenvalue weighted by atomic mass is 16.7. The van der Waals surface area contributed by atoms with E-state index < -0.39 is 11.8 Å². The number of hydrogen-bond donors (Lipinski definition) is 1. The summed E-state index contributed by atoms with van der Waals surface area (Å²) in [6, 6.07) is 21.4. The van der Waals surface area contributed by atoms with Gasteiger partial charge in [-0.15, -0.1) is 0 Å². The van der Waals surface area contributed by atoms with Crippen molar-refractivity contribution in [3.8, 4) is 17.2 Å². The Hall–Kier alpha value is -4.26. The van der Waals surface area contributed by atoms with Gasteiger partial charge in [0.15, 0.2) is 11.5 Å². The first-order chi connectivity index (χ1) is 16.5. The largest absolute Gasteiger partial charge is 0.493 e. The average molecular weight is 456 g/mol. The van der Waals surface area contributed by atoms with Crippen LogP contribution in [0.25, 0.3) is 5.57 Å². The minimum absolute atomic E-state index is 0.150. The quantitative estimate of drug-likeness (QED) is 0.513. The van der Waals surface area contributed by atoms with Crippen LogP contribution in [0.2, 0.25) is 0 Å². The number of hydrogen-bond acceptors (Lipinski definition) is 6. The second-order valence-corrected chi connectivity index (χ2v) is 8.45. The summed E-state index contributed by atoms with van der Waals surface area (Å²) < 4.78 is 16.6. The lowest BCUT2D eigenvalue weighted by Crippen LogP contribution is -2.32. The van der Waals surface area contributed by atoms with Crippen LogP contribution >= 0.6 is 0 Å². The third-order valence-corrected chi connectivity index (χ3v) is 5.47. The monoisotopic (exact) mass is 456 g/mol. The first-order valence-corrected chi connectivity index (χ1v) is 11.1.